The number of aryl methyl sites for hydroxylation is 1. The van der Waals surface area contributed by atoms with Crippen LogP contribution in [-0.4, -0.2) is 30.6 Å². The van der Waals surface area contributed by atoms with E-state index in [1.807, 2.05) is 38.2 Å². The number of aromatic nitrogens is 5. The minimum Gasteiger partial charge on any atom is -0.362 e. The Bertz CT molecular complexity index is 1190. The van der Waals surface area contributed by atoms with Gasteiger partial charge < -0.3 is 10.6 Å². The second kappa shape index (κ2) is 7.84. The van der Waals surface area contributed by atoms with Gasteiger partial charge >= 0.3 is 0 Å². The highest BCUT2D eigenvalue weighted by Crippen LogP contribution is 2.22. The van der Waals surface area contributed by atoms with Crippen LogP contribution in [-0.2, 0) is 7.05 Å². The predicted molar refractivity (Wildman–Crippen MR) is 112 cm³/mol. The number of amides is 1. The van der Waals surface area contributed by atoms with Crippen LogP contribution in [0, 0.1) is 0 Å². The van der Waals surface area contributed by atoms with E-state index in [9.17, 15) is 4.79 Å². The first-order valence-electron chi connectivity index (χ1n) is 8.93. The van der Waals surface area contributed by atoms with E-state index in [4.69, 9.17) is 11.6 Å². The summed E-state index contributed by atoms with van der Waals surface area (Å²) in [6.07, 6.45) is 6.32. The summed E-state index contributed by atoms with van der Waals surface area (Å²) >= 11 is 5.91. The summed E-state index contributed by atoms with van der Waals surface area (Å²) < 4.78 is 1.68. The van der Waals surface area contributed by atoms with E-state index in [1.165, 1.54) is 12.4 Å². The standard InChI is InChI=1S/C20H18ClN7O/c1-12(25-18-11-23-17-10-24-28(2)19(17)27-18)13-4-3-5-16(7-13)26-20(29)14-6-15(21)9-22-8-14/h3-12H,1-2H3,(H,25,27)(H,26,29)/t12-/m0/s1. The number of hydrogen-bond donors (Lipinski definition) is 2. The zero-order chi connectivity index (χ0) is 20.4. The fraction of sp³-hybridized carbons (Fsp3) is 0.150. The van der Waals surface area contributed by atoms with Gasteiger partial charge in [-0.1, -0.05) is 23.7 Å². The van der Waals surface area contributed by atoms with E-state index in [0.717, 1.165) is 11.1 Å². The molecule has 0 saturated carbocycles. The van der Waals surface area contributed by atoms with Gasteiger partial charge in [-0.25, -0.2) is 14.6 Å². The normalized spacial score (nSPS) is 12.0. The maximum Gasteiger partial charge on any atom is 0.257 e. The van der Waals surface area contributed by atoms with Gasteiger partial charge in [0.25, 0.3) is 5.91 Å². The molecule has 1 aromatic carbocycles. The number of carbonyl (C=O) groups is 1. The third kappa shape index (κ3) is 4.17. The fourth-order valence-corrected chi connectivity index (χ4v) is 3.09. The van der Waals surface area contributed by atoms with Crippen molar-refractivity contribution in [3.63, 3.8) is 0 Å². The highest BCUT2D eigenvalue weighted by atomic mass is 35.5. The summed E-state index contributed by atoms with van der Waals surface area (Å²) in [6, 6.07) is 9.11. The molecule has 0 unspecified atom stereocenters. The zero-order valence-electron chi connectivity index (χ0n) is 15.8. The average molecular weight is 408 g/mol. The minimum absolute atomic E-state index is 0.0559. The lowest BCUT2D eigenvalue weighted by molar-refractivity contribution is 0.102. The van der Waals surface area contributed by atoms with Crippen LogP contribution in [0.1, 0.15) is 28.9 Å². The van der Waals surface area contributed by atoms with Crippen molar-refractivity contribution in [3.05, 3.63) is 71.3 Å². The molecule has 1 amide bonds. The number of anilines is 2. The largest absolute Gasteiger partial charge is 0.362 e. The predicted octanol–water partition coefficient (Wildman–Crippen LogP) is 3.84. The molecule has 0 aliphatic rings. The number of benzene rings is 1. The molecule has 0 bridgehead atoms. The van der Waals surface area contributed by atoms with Crippen molar-refractivity contribution >= 4 is 40.2 Å². The average Bonchev–Trinajstić information content (AvgIpc) is 3.08. The molecule has 29 heavy (non-hydrogen) atoms. The molecule has 0 saturated heterocycles. The van der Waals surface area contributed by atoms with Gasteiger partial charge in [-0.3, -0.25) is 9.78 Å². The molecule has 0 aliphatic heterocycles. The van der Waals surface area contributed by atoms with Crippen LogP contribution in [0.15, 0.2) is 55.1 Å². The molecule has 0 radical (unpaired) electrons. The molecular formula is C20H18ClN7O. The Balaban J connectivity index is 1.49. The Labute approximate surface area is 172 Å². The van der Waals surface area contributed by atoms with E-state index < -0.39 is 0 Å². The van der Waals surface area contributed by atoms with Crippen LogP contribution in [0.3, 0.4) is 0 Å². The highest BCUT2D eigenvalue weighted by molar-refractivity contribution is 6.30. The number of halogens is 1. The van der Waals surface area contributed by atoms with Crippen molar-refractivity contribution < 1.29 is 4.79 Å². The van der Waals surface area contributed by atoms with E-state index >= 15 is 0 Å². The van der Waals surface area contributed by atoms with Gasteiger partial charge in [-0.05, 0) is 30.7 Å². The first-order valence-corrected chi connectivity index (χ1v) is 9.30. The maximum atomic E-state index is 12.4. The second-order valence-electron chi connectivity index (χ2n) is 6.57. The van der Waals surface area contributed by atoms with Gasteiger partial charge in [0.05, 0.1) is 29.0 Å². The van der Waals surface area contributed by atoms with Crippen LogP contribution >= 0.6 is 11.6 Å². The summed E-state index contributed by atoms with van der Waals surface area (Å²) in [5, 5.41) is 10.8. The summed E-state index contributed by atoms with van der Waals surface area (Å²) in [5.74, 6) is 0.373. The van der Waals surface area contributed by atoms with Crippen LogP contribution in [0.5, 0.6) is 0 Å². The minimum atomic E-state index is -0.273. The Morgan fingerprint density at radius 2 is 2.03 bits per heavy atom. The number of fused-ring (bicyclic) bond motifs is 1. The van der Waals surface area contributed by atoms with Crippen LogP contribution in [0.4, 0.5) is 11.5 Å². The summed E-state index contributed by atoms with van der Waals surface area (Å²) in [7, 11) is 1.83. The third-order valence-corrected chi connectivity index (χ3v) is 4.62. The van der Waals surface area contributed by atoms with Gasteiger partial charge in [0.2, 0.25) is 0 Å². The molecule has 0 fully saturated rings. The number of rotatable bonds is 5. The topological polar surface area (TPSA) is 97.6 Å². The molecule has 9 heteroatoms. The molecule has 146 valence electrons. The van der Waals surface area contributed by atoms with Crippen molar-refractivity contribution in [2.75, 3.05) is 10.6 Å². The zero-order valence-corrected chi connectivity index (χ0v) is 16.6. The highest BCUT2D eigenvalue weighted by Gasteiger charge is 2.11. The van der Waals surface area contributed by atoms with Crippen molar-refractivity contribution in [2.24, 2.45) is 7.05 Å². The number of nitrogens with one attached hydrogen (secondary N) is 2. The lowest BCUT2D eigenvalue weighted by Gasteiger charge is -2.16. The van der Waals surface area contributed by atoms with Gasteiger partial charge in [0.1, 0.15) is 11.3 Å². The SMILES string of the molecule is C[C@H](Nc1cnc2cnn(C)c2n1)c1cccc(NC(=O)c2cncc(Cl)c2)c1. The molecule has 8 nitrogen and oxygen atoms in total. The lowest BCUT2D eigenvalue weighted by atomic mass is 10.1. The smallest absolute Gasteiger partial charge is 0.257 e. The molecule has 3 aromatic heterocycles. The molecular weight excluding hydrogens is 390 g/mol. The van der Waals surface area contributed by atoms with Crippen LogP contribution in [0.25, 0.3) is 11.2 Å². The Kier molecular flexibility index (Phi) is 5.09. The van der Waals surface area contributed by atoms with Gasteiger partial charge in [0.15, 0.2) is 5.65 Å². The van der Waals surface area contributed by atoms with E-state index in [-0.39, 0.29) is 11.9 Å². The molecule has 3 heterocycles. The number of pyridine rings is 1. The van der Waals surface area contributed by atoms with Gasteiger partial charge in [-0.15, -0.1) is 0 Å². The molecule has 0 aliphatic carbocycles. The monoisotopic (exact) mass is 407 g/mol. The molecule has 0 spiro atoms. The summed E-state index contributed by atoms with van der Waals surface area (Å²) in [6.45, 7) is 2.01. The quantitative estimate of drug-likeness (QED) is 0.521. The second-order valence-corrected chi connectivity index (χ2v) is 7.01. The van der Waals surface area contributed by atoms with E-state index in [2.05, 4.69) is 30.7 Å². The first kappa shape index (κ1) is 18.8. The van der Waals surface area contributed by atoms with Crippen LogP contribution < -0.4 is 10.6 Å². The van der Waals surface area contributed by atoms with Crippen molar-refractivity contribution in [1.29, 1.82) is 0 Å². The van der Waals surface area contributed by atoms with Crippen LogP contribution in [0.2, 0.25) is 5.02 Å². The van der Waals surface area contributed by atoms with Gasteiger partial charge in [0, 0.05) is 25.1 Å². The Hall–Kier alpha value is -3.52. The fourth-order valence-electron chi connectivity index (χ4n) is 2.91. The van der Waals surface area contributed by atoms with E-state index in [1.54, 1.807) is 23.1 Å². The number of hydrogen-bond acceptors (Lipinski definition) is 6. The van der Waals surface area contributed by atoms with E-state index in [0.29, 0.717) is 27.7 Å². The van der Waals surface area contributed by atoms with Crippen molar-refractivity contribution in [1.82, 2.24) is 24.7 Å². The molecule has 1 atom stereocenters. The first-order chi connectivity index (χ1) is 14.0. The van der Waals surface area contributed by atoms with Crippen molar-refractivity contribution in [3.8, 4) is 0 Å². The Morgan fingerprint density at radius 1 is 1.17 bits per heavy atom. The summed E-state index contributed by atoms with van der Waals surface area (Å²) in [5.41, 5.74) is 3.51. The maximum absolute atomic E-state index is 12.4. The number of carbonyl (C=O) groups excluding carboxylic acids is 1. The summed E-state index contributed by atoms with van der Waals surface area (Å²) in [4.78, 5) is 25.3. The molecule has 4 rings (SSSR count). The lowest BCUT2D eigenvalue weighted by Crippen LogP contribution is -2.13. The Morgan fingerprint density at radius 3 is 2.86 bits per heavy atom. The molecule has 4 aromatic rings. The number of nitrogens with zero attached hydrogens (tertiary/aromatic N) is 5. The van der Waals surface area contributed by atoms with Gasteiger partial charge in [-0.2, -0.15) is 5.10 Å². The molecule has 2 N–H and O–H groups in total. The van der Waals surface area contributed by atoms with Crippen molar-refractivity contribution in [2.45, 2.75) is 13.0 Å². The third-order valence-electron chi connectivity index (χ3n) is 4.42.